The van der Waals surface area contributed by atoms with Crippen molar-refractivity contribution >= 4 is 11.7 Å². The molecule has 0 radical (unpaired) electrons. The first-order chi connectivity index (χ1) is 7.77. The molecule has 0 aliphatic carbocycles. The van der Waals surface area contributed by atoms with Crippen LogP contribution >= 0.6 is 0 Å². The number of aliphatic hydroxyl groups excluding tert-OH is 1. The van der Waals surface area contributed by atoms with Gasteiger partial charge in [-0.1, -0.05) is 17.2 Å². The van der Waals surface area contributed by atoms with Gasteiger partial charge >= 0.3 is 5.97 Å². The van der Waals surface area contributed by atoms with E-state index in [-0.39, 0.29) is 13.2 Å². The van der Waals surface area contributed by atoms with E-state index in [1.165, 1.54) is 24.3 Å². The number of aliphatic hydroxyl groups is 1. The van der Waals surface area contributed by atoms with Crippen LogP contribution in [0.1, 0.15) is 16.8 Å². The van der Waals surface area contributed by atoms with Crippen molar-refractivity contribution in [3.05, 3.63) is 40.3 Å². The molecule has 1 rings (SSSR count). The van der Waals surface area contributed by atoms with Gasteiger partial charge in [-0.15, -0.1) is 0 Å². The summed E-state index contributed by atoms with van der Waals surface area (Å²) in [6.07, 6.45) is 0.419. The maximum Gasteiger partial charge on any atom is 0.338 e. The van der Waals surface area contributed by atoms with E-state index in [2.05, 4.69) is 10.0 Å². The highest BCUT2D eigenvalue weighted by molar-refractivity contribution is 5.89. The van der Waals surface area contributed by atoms with Gasteiger partial charge < -0.3 is 9.84 Å². The van der Waals surface area contributed by atoms with Crippen molar-refractivity contribution in [3.8, 4) is 0 Å². The Kier molecular flexibility index (Phi) is 4.85. The lowest BCUT2D eigenvalue weighted by atomic mass is 10.2. The summed E-state index contributed by atoms with van der Waals surface area (Å²) in [4.78, 5) is 14.0. The van der Waals surface area contributed by atoms with E-state index in [0.29, 0.717) is 17.7 Å². The molecule has 1 aromatic carbocycles. The van der Waals surface area contributed by atoms with Gasteiger partial charge in [-0.3, -0.25) is 0 Å². The molecule has 84 valence electrons. The molecule has 0 saturated heterocycles. The highest BCUT2D eigenvalue weighted by Gasteiger charge is 2.05. The van der Waals surface area contributed by atoms with Gasteiger partial charge in [0.05, 0.1) is 12.2 Å². The Labute approximate surface area is 92.1 Å². The lowest BCUT2D eigenvalue weighted by molar-refractivity contribution is 0.0482. The minimum atomic E-state index is -0.457. The van der Waals surface area contributed by atoms with Crippen molar-refractivity contribution in [2.75, 3.05) is 13.2 Å². The lowest BCUT2D eigenvalue weighted by Gasteiger charge is -2.03. The molecule has 0 spiro atoms. The zero-order valence-corrected chi connectivity index (χ0v) is 8.54. The van der Waals surface area contributed by atoms with Gasteiger partial charge in [0.1, 0.15) is 0 Å². The third-order valence-corrected chi connectivity index (χ3v) is 1.80. The molecule has 1 N–H and O–H groups in total. The summed E-state index contributed by atoms with van der Waals surface area (Å²) >= 11 is 0. The lowest BCUT2D eigenvalue weighted by Crippen LogP contribution is -2.07. The molecule has 0 fully saturated rings. The minimum absolute atomic E-state index is 0.0108. The normalized spacial score (nSPS) is 9.31. The number of esters is 1. The Morgan fingerprint density at radius 1 is 1.44 bits per heavy atom. The van der Waals surface area contributed by atoms with Gasteiger partial charge in [0.2, 0.25) is 0 Å². The largest absolute Gasteiger partial charge is 0.462 e. The van der Waals surface area contributed by atoms with Crippen molar-refractivity contribution in [2.45, 2.75) is 6.42 Å². The number of nitrogens with zero attached hydrogens (tertiary/aromatic N) is 3. The molecule has 0 bridgehead atoms. The number of hydrogen-bond acceptors (Lipinski definition) is 4. The number of ether oxygens (including phenoxy) is 1. The first-order valence-corrected chi connectivity index (χ1v) is 4.71. The molecule has 0 aliphatic rings. The van der Waals surface area contributed by atoms with Crippen LogP contribution in [0.15, 0.2) is 29.4 Å². The summed E-state index contributed by atoms with van der Waals surface area (Å²) in [7, 11) is 0. The maximum atomic E-state index is 11.4. The smallest absolute Gasteiger partial charge is 0.338 e. The average molecular weight is 221 g/mol. The molecule has 0 aromatic heterocycles. The average Bonchev–Trinajstić information content (AvgIpc) is 2.30. The van der Waals surface area contributed by atoms with Crippen LogP contribution in [0.25, 0.3) is 10.4 Å². The van der Waals surface area contributed by atoms with Gasteiger partial charge in [0.15, 0.2) is 0 Å². The summed E-state index contributed by atoms with van der Waals surface area (Å²) in [6, 6.07) is 6.10. The second-order valence-electron chi connectivity index (χ2n) is 2.95. The highest BCUT2D eigenvalue weighted by atomic mass is 16.5. The van der Waals surface area contributed by atoms with Crippen LogP contribution in [0.3, 0.4) is 0 Å². The molecule has 16 heavy (non-hydrogen) atoms. The summed E-state index contributed by atoms with van der Waals surface area (Å²) in [5, 5.41) is 11.9. The molecule has 6 nitrogen and oxygen atoms in total. The number of rotatable bonds is 5. The second-order valence-corrected chi connectivity index (χ2v) is 2.95. The summed E-state index contributed by atoms with van der Waals surface area (Å²) in [5.74, 6) is -0.457. The summed E-state index contributed by atoms with van der Waals surface area (Å²) in [5.41, 5.74) is 9.01. The van der Waals surface area contributed by atoms with E-state index >= 15 is 0 Å². The molecule has 0 atom stereocenters. The monoisotopic (exact) mass is 221 g/mol. The van der Waals surface area contributed by atoms with Crippen LogP contribution in [-0.4, -0.2) is 24.3 Å². The van der Waals surface area contributed by atoms with Gasteiger partial charge in [-0.2, -0.15) is 0 Å². The molecular formula is C10H11N3O3. The number of hydrogen-bond donors (Lipinski definition) is 1. The van der Waals surface area contributed by atoms with Crippen LogP contribution in [-0.2, 0) is 4.74 Å². The second kappa shape index (κ2) is 6.44. The van der Waals surface area contributed by atoms with Gasteiger partial charge in [-0.25, -0.2) is 4.79 Å². The third kappa shape index (κ3) is 3.61. The van der Waals surface area contributed by atoms with Crippen molar-refractivity contribution < 1.29 is 14.6 Å². The number of carbonyl (C=O) groups excluding carboxylic acids is 1. The first-order valence-electron chi connectivity index (χ1n) is 4.71. The van der Waals surface area contributed by atoms with Gasteiger partial charge in [-0.05, 0) is 17.7 Å². The molecule has 6 heteroatoms. The van der Waals surface area contributed by atoms with E-state index in [9.17, 15) is 4.79 Å². The Morgan fingerprint density at radius 3 is 2.69 bits per heavy atom. The quantitative estimate of drug-likeness (QED) is 0.271. The molecular weight excluding hydrogens is 210 g/mol. The fourth-order valence-electron chi connectivity index (χ4n) is 1.03. The van der Waals surface area contributed by atoms with E-state index in [4.69, 9.17) is 15.4 Å². The third-order valence-electron chi connectivity index (χ3n) is 1.80. The molecule has 0 aliphatic heterocycles. The van der Waals surface area contributed by atoms with Crippen molar-refractivity contribution in [2.24, 2.45) is 5.11 Å². The topological polar surface area (TPSA) is 95.3 Å². The predicted octanol–water partition coefficient (Wildman–Crippen LogP) is 2.17. The number of carbonyl (C=O) groups is 1. The molecule has 0 unspecified atom stereocenters. The Bertz CT molecular complexity index is 396. The molecule has 0 amide bonds. The SMILES string of the molecule is [N-]=[N+]=Nc1ccc(C(=O)OCCCO)cc1. The molecule has 1 aromatic rings. The van der Waals surface area contributed by atoms with Crippen molar-refractivity contribution in [3.63, 3.8) is 0 Å². The Balaban J connectivity index is 2.59. The van der Waals surface area contributed by atoms with Crippen LogP contribution in [0.5, 0.6) is 0 Å². The van der Waals surface area contributed by atoms with E-state index in [1.54, 1.807) is 0 Å². The van der Waals surface area contributed by atoms with Gasteiger partial charge in [0.25, 0.3) is 0 Å². The Hall–Kier alpha value is -2.04. The summed E-state index contributed by atoms with van der Waals surface area (Å²) in [6.45, 7) is 0.177. The Morgan fingerprint density at radius 2 is 2.12 bits per heavy atom. The number of benzene rings is 1. The number of azide groups is 1. The molecule has 0 heterocycles. The highest BCUT2D eigenvalue weighted by Crippen LogP contribution is 2.13. The van der Waals surface area contributed by atoms with Crippen molar-refractivity contribution in [1.29, 1.82) is 0 Å². The van der Waals surface area contributed by atoms with Crippen LogP contribution < -0.4 is 0 Å². The van der Waals surface area contributed by atoms with Crippen LogP contribution in [0, 0.1) is 0 Å². The standard InChI is InChI=1S/C10H11N3O3/c11-13-12-9-4-2-8(3-5-9)10(15)16-7-1-6-14/h2-5,14H,1,6-7H2. The zero-order valence-electron chi connectivity index (χ0n) is 8.54. The van der Waals surface area contributed by atoms with Gasteiger partial charge in [0, 0.05) is 23.6 Å². The van der Waals surface area contributed by atoms with E-state index in [0.717, 1.165) is 0 Å². The molecule has 0 saturated carbocycles. The van der Waals surface area contributed by atoms with Crippen molar-refractivity contribution in [1.82, 2.24) is 0 Å². The fourth-order valence-corrected chi connectivity index (χ4v) is 1.03. The maximum absolute atomic E-state index is 11.4. The summed E-state index contributed by atoms with van der Waals surface area (Å²) < 4.78 is 4.87. The minimum Gasteiger partial charge on any atom is -0.462 e. The van der Waals surface area contributed by atoms with E-state index < -0.39 is 5.97 Å². The van der Waals surface area contributed by atoms with Crippen LogP contribution in [0.4, 0.5) is 5.69 Å². The van der Waals surface area contributed by atoms with Crippen LogP contribution in [0.2, 0.25) is 0 Å². The van der Waals surface area contributed by atoms with E-state index in [1.807, 2.05) is 0 Å². The first kappa shape index (κ1) is 12.0. The zero-order chi connectivity index (χ0) is 11.8. The fraction of sp³-hybridized carbons (Fsp3) is 0.300. The predicted molar refractivity (Wildman–Crippen MR) is 57.2 cm³/mol.